The molecule has 146 valence electrons. The van der Waals surface area contributed by atoms with Gasteiger partial charge >= 0.3 is 18.3 Å². The summed E-state index contributed by atoms with van der Waals surface area (Å²) >= 11 is 0. The maximum absolute atomic E-state index is 12.3. The van der Waals surface area contributed by atoms with Crippen LogP contribution in [0.25, 0.3) is 0 Å². The van der Waals surface area contributed by atoms with Crippen molar-refractivity contribution in [1.29, 1.82) is 0 Å². The number of aliphatic carboxylic acids is 1. The highest BCUT2D eigenvalue weighted by molar-refractivity contribution is 5.99. The largest absolute Gasteiger partial charge is 0.484 e. The Bertz CT molecular complexity index is 658. The van der Waals surface area contributed by atoms with Crippen molar-refractivity contribution in [2.45, 2.75) is 25.3 Å². The van der Waals surface area contributed by atoms with Gasteiger partial charge < -0.3 is 19.9 Å². The van der Waals surface area contributed by atoms with E-state index in [1.54, 1.807) is 0 Å². The summed E-state index contributed by atoms with van der Waals surface area (Å²) in [6.07, 6.45) is -9.40. The average Bonchev–Trinajstić information content (AvgIpc) is 2.49. The van der Waals surface area contributed by atoms with Gasteiger partial charge in [-0.15, -0.1) is 0 Å². The first-order chi connectivity index (χ1) is 11.8. The van der Waals surface area contributed by atoms with Crippen molar-refractivity contribution in [3.05, 3.63) is 23.8 Å². The van der Waals surface area contributed by atoms with Gasteiger partial charge in [-0.2, -0.15) is 26.3 Å². The number of amides is 1. The SMILES string of the molecule is C[C@H](NC(=O)c1cc(OCC(F)(F)F)ccc1OCC(F)(F)F)C(=O)O. The molecule has 1 amide bonds. The molecule has 0 bridgehead atoms. The van der Waals surface area contributed by atoms with Crippen molar-refractivity contribution >= 4 is 11.9 Å². The van der Waals surface area contributed by atoms with E-state index in [4.69, 9.17) is 5.11 Å². The van der Waals surface area contributed by atoms with Crippen molar-refractivity contribution in [3.63, 3.8) is 0 Å². The van der Waals surface area contributed by atoms with Crippen molar-refractivity contribution in [2.75, 3.05) is 13.2 Å². The molecule has 26 heavy (non-hydrogen) atoms. The summed E-state index contributed by atoms with van der Waals surface area (Å²) in [7, 11) is 0. The van der Waals surface area contributed by atoms with Crippen LogP contribution in [-0.2, 0) is 4.79 Å². The van der Waals surface area contributed by atoms with Crippen LogP contribution in [0.15, 0.2) is 18.2 Å². The lowest BCUT2D eigenvalue weighted by Gasteiger charge is -2.16. The lowest BCUT2D eigenvalue weighted by Crippen LogP contribution is -2.38. The molecular weight excluding hydrogens is 376 g/mol. The van der Waals surface area contributed by atoms with Gasteiger partial charge in [-0.25, -0.2) is 0 Å². The van der Waals surface area contributed by atoms with Crippen LogP contribution in [-0.4, -0.2) is 48.6 Å². The van der Waals surface area contributed by atoms with Gasteiger partial charge in [0.15, 0.2) is 13.2 Å². The van der Waals surface area contributed by atoms with Crippen LogP contribution in [0.1, 0.15) is 17.3 Å². The lowest BCUT2D eigenvalue weighted by molar-refractivity contribution is -0.154. The first-order valence-corrected chi connectivity index (χ1v) is 6.85. The van der Waals surface area contributed by atoms with E-state index in [1.165, 1.54) is 0 Å². The number of hydrogen-bond acceptors (Lipinski definition) is 4. The fourth-order valence-electron chi connectivity index (χ4n) is 1.56. The van der Waals surface area contributed by atoms with E-state index in [0.717, 1.165) is 25.1 Å². The highest BCUT2D eigenvalue weighted by Gasteiger charge is 2.31. The summed E-state index contributed by atoms with van der Waals surface area (Å²) in [5, 5.41) is 10.7. The van der Waals surface area contributed by atoms with Crippen molar-refractivity contribution in [3.8, 4) is 11.5 Å². The van der Waals surface area contributed by atoms with Gasteiger partial charge in [0.25, 0.3) is 5.91 Å². The molecule has 1 aromatic rings. The minimum atomic E-state index is -4.73. The van der Waals surface area contributed by atoms with Gasteiger partial charge in [0, 0.05) is 0 Å². The fraction of sp³-hybridized carbons (Fsp3) is 0.429. The first-order valence-electron chi connectivity index (χ1n) is 6.85. The molecule has 0 radical (unpaired) electrons. The third kappa shape index (κ3) is 7.49. The number of carbonyl (C=O) groups excluding carboxylic acids is 1. The molecule has 0 heterocycles. The second kappa shape index (κ2) is 8.15. The Morgan fingerprint density at radius 3 is 2.12 bits per heavy atom. The molecule has 0 saturated heterocycles. The van der Waals surface area contributed by atoms with E-state index in [1.807, 2.05) is 5.32 Å². The monoisotopic (exact) mass is 389 g/mol. The quantitative estimate of drug-likeness (QED) is 0.701. The van der Waals surface area contributed by atoms with E-state index in [-0.39, 0.29) is 0 Å². The predicted molar refractivity (Wildman–Crippen MR) is 74.1 cm³/mol. The minimum absolute atomic E-state index is 0.463. The Morgan fingerprint density at radius 1 is 1.08 bits per heavy atom. The number of hydrogen-bond donors (Lipinski definition) is 2. The van der Waals surface area contributed by atoms with E-state index in [0.29, 0.717) is 0 Å². The van der Waals surface area contributed by atoms with Crippen molar-refractivity contribution in [1.82, 2.24) is 5.32 Å². The van der Waals surface area contributed by atoms with Crippen LogP contribution < -0.4 is 14.8 Å². The van der Waals surface area contributed by atoms with E-state index < -0.39 is 60.5 Å². The average molecular weight is 389 g/mol. The number of ether oxygens (including phenoxy) is 2. The summed E-state index contributed by atoms with van der Waals surface area (Å²) in [5.74, 6) is -3.65. The molecule has 0 fully saturated rings. The van der Waals surface area contributed by atoms with Gasteiger partial charge in [-0.05, 0) is 25.1 Å². The number of carboxylic acid groups (broad SMARTS) is 1. The second-order valence-corrected chi connectivity index (χ2v) is 5.00. The smallest absolute Gasteiger partial charge is 0.422 e. The number of benzene rings is 1. The maximum atomic E-state index is 12.3. The maximum Gasteiger partial charge on any atom is 0.422 e. The van der Waals surface area contributed by atoms with Crippen LogP contribution in [0.5, 0.6) is 11.5 Å². The normalized spacial score (nSPS) is 13.0. The molecule has 0 aliphatic rings. The highest BCUT2D eigenvalue weighted by atomic mass is 19.4. The van der Waals surface area contributed by atoms with Gasteiger partial charge in [-0.1, -0.05) is 0 Å². The zero-order chi connectivity index (χ0) is 20.1. The summed E-state index contributed by atoms with van der Waals surface area (Å²) in [6, 6.07) is 1.02. The van der Waals surface area contributed by atoms with Gasteiger partial charge in [0.1, 0.15) is 17.5 Å². The standard InChI is InChI=1S/C14H13F6NO5/c1-7(12(23)24)21-11(22)9-4-8(25-5-13(15,16)17)2-3-10(9)26-6-14(18,19)20/h2-4,7H,5-6H2,1H3,(H,21,22)(H,23,24)/t7-/m0/s1. The Morgan fingerprint density at radius 2 is 1.62 bits per heavy atom. The Kier molecular flexibility index (Phi) is 6.70. The third-order valence-electron chi connectivity index (χ3n) is 2.71. The van der Waals surface area contributed by atoms with E-state index in [2.05, 4.69) is 9.47 Å². The third-order valence-corrected chi connectivity index (χ3v) is 2.71. The first kappa shape index (κ1) is 21.4. The number of carbonyl (C=O) groups is 2. The van der Waals surface area contributed by atoms with Crippen LogP contribution in [0, 0.1) is 0 Å². The Labute approximate surface area is 142 Å². The Balaban J connectivity index is 3.08. The summed E-state index contributed by atoms with van der Waals surface area (Å²) in [6.45, 7) is -2.37. The van der Waals surface area contributed by atoms with Crippen LogP contribution in [0.2, 0.25) is 0 Å². The molecule has 6 nitrogen and oxygen atoms in total. The second-order valence-electron chi connectivity index (χ2n) is 5.00. The summed E-state index contributed by atoms with van der Waals surface area (Å²) in [4.78, 5) is 22.8. The fourth-order valence-corrected chi connectivity index (χ4v) is 1.56. The van der Waals surface area contributed by atoms with Crippen LogP contribution >= 0.6 is 0 Å². The molecule has 0 aliphatic carbocycles. The van der Waals surface area contributed by atoms with E-state index in [9.17, 15) is 35.9 Å². The highest BCUT2D eigenvalue weighted by Crippen LogP contribution is 2.28. The molecule has 0 spiro atoms. The minimum Gasteiger partial charge on any atom is -0.484 e. The molecule has 0 aliphatic heterocycles. The number of halogens is 6. The molecule has 1 aromatic carbocycles. The molecule has 1 rings (SSSR count). The molecule has 0 aromatic heterocycles. The van der Waals surface area contributed by atoms with Crippen LogP contribution in [0.3, 0.4) is 0 Å². The van der Waals surface area contributed by atoms with Gasteiger partial charge in [-0.3, -0.25) is 9.59 Å². The van der Waals surface area contributed by atoms with E-state index >= 15 is 0 Å². The van der Waals surface area contributed by atoms with Crippen molar-refractivity contribution in [2.24, 2.45) is 0 Å². The van der Waals surface area contributed by atoms with Crippen molar-refractivity contribution < 1.29 is 50.5 Å². The zero-order valence-electron chi connectivity index (χ0n) is 13.1. The molecule has 0 saturated carbocycles. The number of carboxylic acids is 1. The molecule has 0 unspecified atom stereocenters. The van der Waals surface area contributed by atoms with Gasteiger partial charge in [0.05, 0.1) is 5.56 Å². The Hall–Kier alpha value is -2.66. The number of alkyl halides is 6. The lowest BCUT2D eigenvalue weighted by atomic mass is 10.1. The molecule has 2 N–H and O–H groups in total. The number of rotatable bonds is 7. The topological polar surface area (TPSA) is 84.9 Å². The molecular formula is C14H13F6NO5. The zero-order valence-corrected chi connectivity index (χ0v) is 13.1. The van der Waals surface area contributed by atoms with Gasteiger partial charge in [0.2, 0.25) is 0 Å². The molecule has 12 heteroatoms. The summed E-state index contributed by atoms with van der Waals surface area (Å²) < 4.78 is 82.2. The number of nitrogens with one attached hydrogen (secondary N) is 1. The summed E-state index contributed by atoms with van der Waals surface area (Å²) in [5.41, 5.74) is -0.609. The predicted octanol–water partition coefficient (Wildman–Crippen LogP) is 2.77. The van der Waals surface area contributed by atoms with Crippen LogP contribution in [0.4, 0.5) is 26.3 Å². The molecule has 1 atom stereocenters.